The molecule has 1 heterocycles. The van der Waals surface area contributed by atoms with Crippen LogP contribution in [0.15, 0.2) is 18.2 Å². The summed E-state index contributed by atoms with van der Waals surface area (Å²) in [5.41, 5.74) is 2.94. The second-order valence-corrected chi connectivity index (χ2v) is 6.08. The van der Waals surface area contributed by atoms with Crippen LogP contribution < -0.4 is 4.31 Å². The molecule has 1 aliphatic heterocycles. The lowest BCUT2D eigenvalue weighted by atomic mass is 10.1. The second-order valence-electron chi connectivity index (χ2n) is 4.12. The molecule has 1 fully saturated rings. The van der Waals surface area contributed by atoms with Crippen LogP contribution in [0.2, 0.25) is 0 Å². The molecule has 16 heavy (non-hydrogen) atoms. The van der Waals surface area contributed by atoms with Crippen molar-refractivity contribution >= 4 is 15.9 Å². The molecule has 0 N–H and O–H groups in total. The SMILES string of the molecule is Cc1cccc(N2CCN(C)S2(=O)=O)c1C. The third-order valence-corrected chi connectivity index (χ3v) is 5.04. The molecule has 0 aromatic heterocycles. The van der Waals surface area contributed by atoms with Crippen molar-refractivity contribution in [3.63, 3.8) is 0 Å². The van der Waals surface area contributed by atoms with E-state index < -0.39 is 10.2 Å². The minimum absolute atomic E-state index is 0.531. The van der Waals surface area contributed by atoms with Gasteiger partial charge in [0.1, 0.15) is 0 Å². The van der Waals surface area contributed by atoms with Crippen molar-refractivity contribution in [1.29, 1.82) is 0 Å². The van der Waals surface area contributed by atoms with Crippen LogP contribution >= 0.6 is 0 Å². The molecule has 1 aromatic carbocycles. The Labute approximate surface area is 96.7 Å². The Bertz CT molecular complexity index is 511. The summed E-state index contributed by atoms with van der Waals surface area (Å²) < 4.78 is 26.9. The quantitative estimate of drug-likeness (QED) is 0.742. The highest BCUT2D eigenvalue weighted by molar-refractivity contribution is 7.90. The first-order valence-electron chi connectivity index (χ1n) is 5.25. The van der Waals surface area contributed by atoms with Gasteiger partial charge in [0.05, 0.1) is 5.69 Å². The van der Waals surface area contributed by atoms with Crippen LogP contribution in [-0.4, -0.2) is 32.9 Å². The maximum Gasteiger partial charge on any atom is 0.303 e. The predicted molar refractivity (Wildman–Crippen MR) is 64.8 cm³/mol. The number of nitrogens with zero attached hydrogens (tertiary/aromatic N) is 2. The molecule has 0 saturated carbocycles. The lowest BCUT2D eigenvalue weighted by Gasteiger charge is -2.20. The number of hydrogen-bond acceptors (Lipinski definition) is 2. The van der Waals surface area contributed by atoms with Crippen LogP contribution in [0.25, 0.3) is 0 Å². The molecule has 0 amide bonds. The Hall–Kier alpha value is -1.07. The van der Waals surface area contributed by atoms with Gasteiger partial charge < -0.3 is 0 Å². The molecular weight excluding hydrogens is 224 g/mol. The third kappa shape index (κ3) is 1.60. The summed E-state index contributed by atoms with van der Waals surface area (Å²) >= 11 is 0. The maximum atomic E-state index is 12.0. The van der Waals surface area contributed by atoms with E-state index >= 15 is 0 Å². The van der Waals surface area contributed by atoms with Gasteiger partial charge in [-0.3, -0.25) is 4.31 Å². The normalized spacial score (nSPS) is 20.3. The first-order valence-corrected chi connectivity index (χ1v) is 6.64. The molecule has 0 atom stereocenters. The molecule has 5 heteroatoms. The highest BCUT2D eigenvalue weighted by Gasteiger charge is 2.34. The summed E-state index contributed by atoms with van der Waals surface area (Å²) in [6.07, 6.45) is 0. The van der Waals surface area contributed by atoms with Crippen LogP contribution in [0.5, 0.6) is 0 Å². The average Bonchev–Trinajstić information content (AvgIpc) is 2.48. The monoisotopic (exact) mass is 240 g/mol. The minimum atomic E-state index is -3.29. The predicted octanol–water partition coefficient (Wildman–Crippen LogP) is 1.30. The van der Waals surface area contributed by atoms with Gasteiger partial charge >= 0.3 is 10.2 Å². The molecule has 2 rings (SSSR count). The Kier molecular flexibility index (Phi) is 2.67. The van der Waals surface area contributed by atoms with Gasteiger partial charge in [-0.1, -0.05) is 12.1 Å². The first-order chi connectivity index (χ1) is 7.44. The fourth-order valence-electron chi connectivity index (χ4n) is 1.88. The Morgan fingerprint density at radius 2 is 1.88 bits per heavy atom. The summed E-state index contributed by atoms with van der Waals surface area (Å²) in [5.74, 6) is 0. The van der Waals surface area contributed by atoms with Crippen LogP contribution in [-0.2, 0) is 10.2 Å². The van der Waals surface area contributed by atoms with Crippen molar-refractivity contribution in [2.75, 3.05) is 24.4 Å². The van der Waals surface area contributed by atoms with Crippen LogP contribution in [0.3, 0.4) is 0 Å². The van der Waals surface area contributed by atoms with Crippen LogP contribution in [0.4, 0.5) is 5.69 Å². The summed E-state index contributed by atoms with van der Waals surface area (Å²) in [6.45, 7) is 5.03. The highest BCUT2D eigenvalue weighted by atomic mass is 32.2. The average molecular weight is 240 g/mol. The van der Waals surface area contributed by atoms with Crippen LogP contribution in [0, 0.1) is 13.8 Å². The summed E-state index contributed by atoms with van der Waals surface area (Å²) in [5, 5.41) is 0. The Morgan fingerprint density at radius 1 is 1.19 bits per heavy atom. The van der Waals surface area contributed by atoms with E-state index in [1.54, 1.807) is 7.05 Å². The lowest BCUT2D eigenvalue weighted by molar-refractivity contribution is 0.511. The van der Waals surface area contributed by atoms with Gasteiger partial charge in [0.2, 0.25) is 0 Å². The second kappa shape index (κ2) is 3.75. The zero-order chi connectivity index (χ0) is 11.9. The lowest BCUT2D eigenvalue weighted by Crippen LogP contribution is -2.31. The minimum Gasteiger partial charge on any atom is -0.256 e. The van der Waals surface area contributed by atoms with E-state index in [1.165, 1.54) is 8.61 Å². The van der Waals surface area contributed by atoms with Crippen molar-refractivity contribution in [3.8, 4) is 0 Å². The van der Waals surface area contributed by atoms with E-state index in [0.717, 1.165) is 16.8 Å². The standard InChI is InChI=1S/C11H16N2O2S/c1-9-5-4-6-11(10(9)2)13-8-7-12(3)16(13,14)15/h4-6H,7-8H2,1-3H3. The molecular formula is C11H16N2O2S. The molecule has 0 spiro atoms. The maximum absolute atomic E-state index is 12.0. The Morgan fingerprint density at radius 3 is 2.44 bits per heavy atom. The van der Waals surface area contributed by atoms with E-state index in [9.17, 15) is 8.42 Å². The van der Waals surface area contributed by atoms with Crippen molar-refractivity contribution in [2.24, 2.45) is 0 Å². The van der Waals surface area contributed by atoms with Crippen molar-refractivity contribution in [2.45, 2.75) is 13.8 Å². The number of hydrogen-bond donors (Lipinski definition) is 0. The molecule has 0 unspecified atom stereocenters. The van der Waals surface area contributed by atoms with E-state index in [-0.39, 0.29) is 0 Å². The number of aryl methyl sites for hydroxylation is 1. The van der Waals surface area contributed by atoms with Gasteiger partial charge in [-0.15, -0.1) is 0 Å². The molecule has 1 aromatic rings. The van der Waals surface area contributed by atoms with E-state index in [4.69, 9.17) is 0 Å². The zero-order valence-electron chi connectivity index (χ0n) is 9.77. The van der Waals surface area contributed by atoms with Gasteiger partial charge in [-0.25, -0.2) is 0 Å². The van der Waals surface area contributed by atoms with Crippen molar-refractivity contribution < 1.29 is 8.42 Å². The van der Waals surface area contributed by atoms with Crippen molar-refractivity contribution in [1.82, 2.24) is 4.31 Å². The fourth-order valence-corrected chi connectivity index (χ4v) is 3.29. The van der Waals surface area contributed by atoms with Gasteiger partial charge in [0, 0.05) is 20.1 Å². The highest BCUT2D eigenvalue weighted by Crippen LogP contribution is 2.28. The topological polar surface area (TPSA) is 40.6 Å². The number of anilines is 1. The summed E-state index contributed by atoms with van der Waals surface area (Å²) in [4.78, 5) is 0. The third-order valence-electron chi connectivity index (χ3n) is 3.14. The van der Waals surface area contributed by atoms with Gasteiger partial charge in [-0.05, 0) is 31.0 Å². The van der Waals surface area contributed by atoms with E-state index in [2.05, 4.69) is 0 Å². The molecule has 1 aliphatic rings. The van der Waals surface area contributed by atoms with Crippen LogP contribution in [0.1, 0.15) is 11.1 Å². The molecule has 4 nitrogen and oxygen atoms in total. The number of rotatable bonds is 1. The summed E-state index contributed by atoms with van der Waals surface area (Å²) in [6, 6.07) is 5.75. The largest absolute Gasteiger partial charge is 0.303 e. The number of likely N-dealkylation sites (N-methyl/N-ethyl adjacent to an activating group) is 1. The van der Waals surface area contributed by atoms with E-state index in [1.807, 2.05) is 32.0 Å². The molecule has 88 valence electrons. The first kappa shape index (κ1) is 11.4. The molecule has 0 aliphatic carbocycles. The smallest absolute Gasteiger partial charge is 0.256 e. The molecule has 1 saturated heterocycles. The fraction of sp³-hybridized carbons (Fsp3) is 0.455. The molecule has 0 radical (unpaired) electrons. The van der Waals surface area contributed by atoms with Crippen molar-refractivity contribution in [3.05, 3.63) is 29.3 Å². The van der Waals surface area contributed by atoms with E-state index in [0.29, 0.717) is 13.1 Å². The summed E-state index contributed by atoms with van der Waals surface area (Å²) in [7, 11) is -1.68. The Balaban J connectivity index is 2.51. The van der Waals surface area contributed by atoms with Gasteiger partial charge in [0.25, 0.3) is 0 Å². The van der Waals surface area contributed by atoms with Gasteiger partial charge in [0.15, 0.2) is 0 Å². The zero-order valence-corrected chi connectivity index (χ0v) is 10.6. The van der Waals surface area contributed by atoms with Gasteiger partial charge in [-0.2, -0.15) is 12.7 Å². The number of benzene rings is 1. The molecule has 0 bridgehead atoms.